The van der Waals surface area contributed by atoms with Gasteiger partial charge in [-0.25, -0.2) is 14.4 Å². The van der Waals surface area contributed by atoms with Crippen LogP contribution in [0, 0.1) is 16.7 Å². The highest BCUT2D eigenvalue weighted by atomic mass is 16.6. The number of nitrogens with one attached hydrogen (secondary N) is 2. The number of Topliss-reactive ketones (excluding diaryl/α,β-unsaturated/α-hetero) is 1. The molecule has 17 nitrogen and oxygen atoms in total. The topological polar surface area (TPSA) is 221 Å². The molecular formula is C52H70N2O15. The van der Waals surface area contributed by atoms with Gasteiger partial charge in [-0.1, -0.05) is 68.8 Å². The second-order valence-corrected chi connectivity index (χ2v) is 20.4. The lowest BCUT2D eigenvalue weighted by atomic mass is 9.44. The number of unbranched alkanes of at least 4 members (excludes halogenated alkanes) is 2. The first-order valence-electron chi connectivity index (χ1n) is 23.7. The summed E-state index contributed by atoms with van der Waals surface area (Å²) in [6, 6.07) is 15.2. The molecular weight excluding hydrogens is 893 g/mol. The quantitative estimate of drug-likeness (QED) is 0.0727. The Hall–Kier alpha value is -5.20. The van der Waals surface area contributed by atoms with Crippen molar-refractivity contribution in [2.75, 3.05) is 34.4 Å². The average molecular weight is 963 g/mol. The Morgan fingerprint density at radius 2 is 1.57 bits per heavy atom. The average Bonchev–Trinajstić information content (AvgIpc) is 3.28. The van der Waals surface area contributed by atoms with Crippen LogP contribution < -0.4 is 10.6 Å². The van der Waals surface area contributed by atoms with Crippen LogP contribution in [0.1, 0.15) is 116 Å². The summed E-state index contributed by atoms with van der Waals surface area (Å²) in [7, 11) is 4.62. The zero-order valence-corrected chi connectivity index (χ0v) is 41.7. The summed E-state index contributed by atoms with van der Waals surface area (Å²) in [6.45, 7) is 13.5. The summed E-state index contributed by atoms with van der Waals surface area (Å²) in [5, 5.41) is 19.8. The highest BCUT2D eigenvalue weighted by Crippen LogP contribution is 2.65. The van der Waals surface area contributed by atoms with Crippen molar-refractivity contribution in [3.63, 3.8) is 0 Å². The Balaban J connectivity index is 1.53. The number of alkyl carbamates (subject to hydrolysis) is 1. The first kappa shape index (κ1) is 53.2. The standard InChI is InChI=1S/C52H70N2O15/c1-30-34(65-46(59)41(66-37(56)25-19-14-20-26-53-9)39(32-21-15-12-16-22-32)54-47(60)69-48(3,4)5)28-52(61)44(67-45(58)33-23-17-13-18-24-33)42-50(8,43(57)40(63-11)38(30)49(52,6)7)35(62-10)27-36-51(42,29-64-36)68-31(2)55/h12-13,15-18,21-24,34-36,39-42,44,53,61H,14,19-20,25-29H2,1-11H3,(H,54,60)/t34-,35-,36+,39-,40+,41+,42-,44-,50+,51-,52+/m0/s1. The highest BCUT2D eigenvalue weighted by Gasteiger charge is 2.78. The molecule has 0 aromatic heterocycles. The molecule has 2 aromatic rings. The maximum absolute atomic E-state index is 15.8. The third-order valence-corrected chi connectivity index (χ3v) is 14.6. The number of hydrogen-bond donors (Lipinski definition) is 3. The predicted molar refractivity (Wildman–Crippen MR) is 249 cm³/mol. The summed E-state index contributed by atoms with van der Waals surface area (Å²) in [4.78, 5) is 85.9. The zero-order chi connectivity index (χ0) is 50.7. The van der Waals surface area contributed by atoms with E-state index in [1.165, 1.54) is 21.1 Å². The van der Waals surface area contributed by atoms with Gasteiger partial charge < -0.3 is 53.6 Å². The van der Waals surface area contributed by atoms with E-state index in [2.05, 4.69) is 10.6 Å². The van der Waals surface area contributed by atoms with Crippen molar-refractivity contribution in [2.45, 2.75) is 153 Å². The summed E-state index contributed by atoms with van der Waals surface area (Å²) in [5.74, 6) is -5.24. The molecule has 378 valence electrons. The molecule has 1 aliphatic heterocycles. The lowest BCUT2D eigenvalue weighted by Crippen LogP contribution is -2.82. The molecule has 0 unspecified atom stereocenters. The van der Waals surface area contributed by atoms with E-state index in [1.54, 1.807) is 109 Å². The van der Waals surface area contributed by atoms with Crippen LogP contribution in [0.5, 0.6) is 0 Å². The summed E-state index contributed by atoms with van der Waals surface area (Å²) in [6.07, 6.45) is -7.45. The minimum Gasteiger partial charge on any atom is -0.455 e. The number of carbonyl (C=O) groups excluding carboxylic acids is 6. The van der Waals surface area contributed by atoms with Crippen molar-refractivity contribution in [1.29, 1.82) is 0 Å². The molecule has 3 fully saturated rings. The number of ether oxygens (including phenoxy) is 8. The van der Waals surface area contributed by atoms with Crippen LogP contribution in [0.15, 0.2) is 71.8 Å². The summed E-state index contributed by atoms with van der Waals surface area (Å²) in [5.41, 5.74) is -6.94. The fourth-order valence-electron chi connectivity index (χ4n) is 11.1. The van der Waals surface area contributed by atoms with E-state index in [4.69, 9.17) is 37.9 Å². The van der Waals surface area contributed by atoms with Gasteiger partial charge in [0.1, 0.15) is 41.7 Å². The van der Waals surface area contributed by atoms with E-state index in [9.17, 15) is 24.3 Å². The summed E-state index contributed by atoms with van der Waals surface area (Å²) >= 11 is 0. The number of carbonyl (C=O) groups is 6. The fourth-order valence-corrected chi connectivity index (χ4v) is 11.1. The van der Waals surface area contributed by atoms with Gasteiger partial charge in [-0.2, -0.15) is 0 Å². The Labute approximate surface area is 404 Å². The number of methoxy groups -OCH3 is 2. The number of aliphatic hydroxyl groups is 1. The van der Waals surface area contributed by atoms with E-state index in [-0.39, 0.29) is 30.6 Å². The minimum atomic E-state index is -2.27. The molecule has 6 rings (SSSR count). The molecule has 1 heterocycles. The second-order valence-electron chi connectivity index (χ2n) is 20.4. The van der Waals surface area contributed by atoms with Crippen molar-refractivity contribution in [3.8, 4) is 0 Å². The molecule has 1 saturated heterocycles. The Kier molecular flexibility index (Phi) is 16.2. The number of esters is 4. The van der Waals surface area contributed by atoms with E-state index in [1.807, 2.05) is 7.05 Å². The van der Waals surface area contributed by atoms with Gasteiger partial charge in [-0.05, 0) is 89.9 Å². The van der Waals surface area contributed by atoms with Crippen molar-refractivity contribution in [3.05, 3.63) is 82.9 Å². The first-order valence-corrected chi connectivity index (χ1v) is 23.7. The number of ketones is 1. The van der Waals surface area contributed by atoms with Crippen LogP contribution in [0.25, 0.3) is 0 Å². The number of hydrogen-bond acceptors (Lipinski definition) is 16. The molecule has 2 saturated carbocycles. The number of rotatable bonds is 17. The molecule has 0 spiro atoms. The zero-order valence-electron chi connectivity index (χ0n) is 41.7. The van der Waals surface area contributed by atoms with Gasteiger partial charge in [0.15, 0.2) is 11.4 Å². The van der Waals surface area contributed by atoms with Crippen LogP contribution in [0.3, 0.4) is 0 Å². The van der Waals surface area contributed by atoms with Gasteiger partial charge in [0.2, 0.25) is 6.10 Å². The molecule has 69 heavy (non-hydrogen) atoms. The van der Waals surface area contributed by atoms with E-state index in [0.29, 0.717) is 24.0 Å². The minimum absolute atomic E-state index is 0.0502. The smallest absolute Gasteiger partial charge is 0.408 e. The normalized spacial score (nSPS) is 30.1. The molecule has 0 radical (unpaired) electrons. The fraction of sp³-hybridized carbons (Fsp3) is 0.615. The highest BCUT2D eigenvalue weighted by molar-refractivity contribution is 5.94. The van der Waals surface area contributed by atoms with E-state index < -0.39 is 118 Å². The molecule has 2 bridgehead atoms. The van der Waals surface area contributed by atoms with Crippen LogP contribution >= 0.6 is 0 Å². The summed E-state index contributed by atoms with van der Waals surface area (Å²) < 4.78 is 49.2. The second kappa shape index (κ2) is 21.0. The monoisotopic (exact) mass is 962 g/mol. The van der Waals surface area contributed by atoms with Crippen LogP contribution in [0.4, 0.5) is 4.79 Å². The Bertz CT molecular complexity index is 2240. The molecule has 17 heteroatoms. The Morgan fingerprint density at radius 1 is 0.913 bits per heavy atom. The molecule has 2 aromatic carbocycles. The van der Waals surface area contributed by atoms with Gasteiger partial charge in [-0.3, -0.25) is 14.4 Å². The number of amides is 1. The van der Waals surface area contributed by atoms with E-state index >= 15 is 9.59 Å². The molecule has 11 atom stereocenters. The Morgan fingerprint density at radius 3 is 2.13 bits per heavy atom. The van der Waals surface area contributed by atoms with Crippen LogP contribution in [-0.2, 0) is 57.1 Å². The molecule has 3 N–H and O–H groups in total. The van der Waals surface area contributed by atoms with Crippen molar-refractivity contribution >= 4 is 35.8 Å². The van der Waals surface area contributed by atoms with Gasteiger partial charge in [0, 0.05) is 45.8 Å². The van der Waals surface area contributed by atoms with Gasteiger partial charge in [0.05, 0.1) is 29.6 Å². The lowest BCUT2D eigenvalue weighted by molar-refractivity contribution is -0.347. The predicted octanol–water partition coefficient (Wildman–Crippen LogP) is 5.90. The molecule has 3 aliphatic carbocycles. The van der Waals surface area contributed by atoms with Crippen LogP contribution in [-0.4, -0.2) is 129 Å². The largest absolute Gasteiger partial charge is 0.455 e. The number of benzene rings is 2. The SMILES string of the molecule is CNCCCCCC(=O)O[C@@H](C(=O)O[C@H]1C[C@@]2(O)[C@@H](OC(=O)c3ccccc3)[C@@H]3[C@]4(OC(C)=O)CO[C@@H]4C[C@H](OC)[C@@]3(C)C(=O)[C@H](OC)C(=C1C)C2(C)C)[C@@H](NC(=O)OC(C)(C)C)c1ccccc1. The van der Waals surface area contributed by atoms with Crippen LogP contribution in [0.2, 0.25) is 0 Å². The van der Waals surface area contributed by atoms with Gasteiger partial charge in [0.25, 0.3) is 0 Å². The third-order valence-electron chi connectivity index (χ3n) is 14.6. The van der Waals surface area contributed by atoms with Gasteiger partial charge in [-0.15, -0.1) is 0 Å². The number of fused-ring (bicyclic) bond motifs is 5. The van der Waals surface area contributed by atoms with Gasteiger partial charge >= 0.3 is 30.0 Å². The van der Waals surface area contributed by atoms with Crippen molar-refractivity contribution < 1.29 is 71.8 Å². The maximum atomic E-state index is 15.8. The van der Waals surface area contributed by atoms with E-state index in [0.717, 1.165) is 13.0 Å². The van der Waals surface area contributed by atoms with Crippen molar-refractivity contribution in [1.82, 2.24) is 10.6 Å². The molecule has 4 aliphatic rings. The third kappa shape index (κ3) is 10.3. The lowest BCUT2D eigenvalue weighted by Gasteiger charge is -2.67. The van der Waals surface area contributed by atoms with Crippen molar-refractivity contribution in [2.24, 2.45) is 16.7 Å². The molecule has 1 amide bonds. The first-order chi connectivity index (χ1) is 32.5. The maximum Gasteiger partial charge on any atom is 0.408 e.